The van der Waals surface area contributed by atoms with Crippen LogP contribution in [0, 0.1) is 0 Å². The molecule has 0 fully saturated rings. The topological polar surface area (TPSA) is 149 Å². The largest absolute Gasteiger partial charge is 0.489 e. The molecule has 0 spiro atoms. The molecule has 7 nitrogen and oxygen atoms in total. The first-order valence-electron chi connectivity index (χ1n) is 9.27. The maximum absolute atomic E-state index is 6.28. The van der Waals surface area contributed by atoms with E-state index < -0.39 is 0 Å². The van der Waals surface area contributed by atoms with E-state index in [-0.39, 0.29) is 5.92 Å². The van der Waals surface area contributed by atoms with E-state index in [0.717, 1.165) is 29.5 Å². The molecule has 0 amide bonds. The van der Waals surface area contributed by atoms with Crippen molar-refractivity contribution in [2.45, 2.75) is 32.6 Å². The maximum atomic E-state index is 6.28. The zero-order valence-corrected chi connectivity index (χ0v) is 16.9. The van der Waals surface area contributed by atoms with Crippen LogP contribution >= 0.6 is 0 Å². The summed E-state index contributed by atoms with van der Waals surface area (Å²) in [6.07, 6.45) is 6.65. The molecule has 0 aliphatic carbocycles. The minimum atomic E-state index is 0.260. The molecule has 0 aliphatic heterocycles. The van der Waals surface area contributed by atoms with Gasteiger partial charge in [0.05, 0.1) is 12.3 Å². The summed E-state index contributed by atoms with van der Waals surface area (Å²) in [5.41, 5.74) is 30.8. The van der Waals surface area contributed by atoms with Crippen LogP contribution in [0.4, 0.5) is 5.69 Å². The molecule has 1 aromatic rings. The van der Waals surface area contributed by atoms with Gasteiger partial charge < -0.3 is 38.1 Å². The SMILES string of the molecule is CC(C)c1cc(C(/C=C\N)=C/N)cc(OCCOCCCCN)c1N.CN. The maximum Gasteiger partial charge on any atom is 0.143 e. The van der Waals surface area contributed by atoms with E-state index in [1.807, 2.05) is 12.1 Å². The van der Waals surface area contributed by atoms with Gasteiger partial charge in [0.2, 0.25) is 0 Å². The predicted octanol–water partition coefficient (Wildman–Crippen LogP) is 1.87. The van der Waals surface area contributed by atoms with Gasteiger partial charge in [-0.25, -0.2) is 0 Å². The second kappa shape index (κ2) is 14.9. The summed E-state index contributed by atoms with van der Waals surface area (Å²) in [5, 5.41) is 0. The summed E-state index contributed by atoms with van der Waals surface area (Å²) in [4.78, 5) is 0. The number of ether oxygens (including phenoxy) is 2. The Hall–Kier alpha value is -2.22. The monoisotopic (exact) mass is 379 g/mol. The molecule has 0 bridgehead atoms. The van der Waals surface area contributed by atoms with Gasteiger partial charge in [-0.1, -0.05) is 13.8 Å². The van der Waals surface area contributed by atoms with E-state index >= 15 is 0 Å². The number of benzene rings is 1. The Morgan fingerprint density at radius 2 is 1.78 bits per heavy atom. The van der Waals surface area contributed by atoms with Crippen LogP contribution in [0.25, 0.3) is 5.57 Å². The summed E-state index contributed by atoms with van der Waals surface area (Å²) < 4.78 is 11.4. The molecule has 1 aromatic carbocycles. The highest BCUT2D eigenvalue weighted by atomic mass is 16.5. The van der Waals surface area contributed by atoms with E-state index in [1.54, 1.807) is 6.08 Å². The number of unbranched alkanes of at least 4 members (excludes halogenated alkanes) is 1. The molecule has 27 heavy (non-hydrogen) atoms. The zero-order chi connectivity index (χ0) is 20.7. The van der Waals surface area contributed by atoms with Crippen molar-refractivity contribution in [3.8, 4) is 5.75 Å². The van der Waals surface area contributed by atoms with Crippen LogP contribution < -0.4 is 33.4 Å². The number of allylic oxidation sites excluding steroid dienone is 2. The number of anilines is 1. The lowest BCUT2D eigenvalue weighted by Gasteiger charge is -2.17. The molecule has 0 radical (unpaired) electrons. The third-order valence-electron chi connectivity index (χ3n) is 3.81. The summed E-state index contributed by atoms with van der Waals surface area (Å²) >= 11 is 0. The van der Waals surface area contributed by atoms with Crippen LogP contribution in [0.5, 0.6) is 5.75 Å². The van der Waals surface area contributed by atoms with Crippen LogP contribution in [0.15, 0.2) is 30.6 Å². The quantitative estimate of drug-likeness (QED) is 0.224. The molecule has 0 aliphatic rings. The molecule has 0 saturated heterocycles. The van der Waals surface area contributed by atoms with Crippen molar-refractivity contribution in [2.24, 2.45) is 22.9 Å². The number of hydrogen-bond donors (Lipinski definition) is 5. The second-order valence-electron chi connectivity index (χ2n) is 6.07. The fourth-order valence-corrected chi connectivity index (χ4v) is 2.42. The first kappa shape index (κ1) is 24.8. The highest BCUT2D eigenvalue weighted by Gasteiger charge is 2.13. The summed E-state index contributed by atoms with van der Waals surface area (Å²) in [5.74, 6) is 0.896. The van der Waals surface area contributed by atoms with Crippen molar-refractivity contribution in [3.05, 3.63) is 41.7 Å². The van der Waals surface area contributed by atoms with E-state index in [1.165, 1.54) is 19.4 Å². The standard InChI is InChI=1S/C19H32N4O2.CH5N/c1-14(2)17-11-16(15(13-22)5-7-21)12-18(19(17)23)25-10-9-24-8-4-3-6-20;1-2/h5,7,11-14H,3-4,6,8-10,20-23H2,1-2H3;2H2,1H3/b7-5-,15-13+;. The minimum Gasteiger partial charge on any atom is -0.489 e. The third kappa shape index (κ3) is 8.81. The second-order valence-corrected chi connectivity index (χ2v) is 6.07. The van der Waals surface area contributed by atoms with Gasteiger partial charge in [-0.05, 0) is 73.5 Å². The third-order valence-corrected chi connectivity index (χ3v) is 3.81. The molecule has 154 valence electrons. The predicted molar refractivity (Wildman–Crippen MR) is 115 cm³/mol. The molecule has 0 aromatic heterocycles. The van der Waals surface area contributed by atoms with Crippen LogP contribution in [-0.4, -0.2) is 33.4 Å². The smallest absolute Gasteiger partial charge is 0.143 e. The van der Waals surface area contributed by atoms with Gasteiger partial charge in [0.25, 0.3) is 0 Å². The van der Waals surface area contributed by atoms with E-state index in [9.17, 15) is 0 Å². The fourth-order valence-electron chi connectivity index (χ4n) is 2.42. The molecule has 10 N–H and O–H groups in total. The summed E-state index contributed by atoms with van der Waals surface area (Å²) in [6.45, 7) is 6.49. The van der Waals surface area contributed by atoms with E-state index in [2.05, 4.69) is 19.6 Å². The Morgan fingerprint density at radius 1 is 1.07 bits per heavy atom. The summed E-state index contributed by atoms with van der Waals surface area (Å²) in [6, 6.07) is 3.91. The Morgan fingerprint density at radius 3 is 2.33 bits per heavy atom. The molecule has 0 unspecified atom stereocenters. The van der Waals surface area contributed by atoms with Crippen molar-refractivity contribution >= 4 is 11.3 Å². The molecular formula is C20H37N5O2. The first-order chi connectivity index (χ1) is 13.0. The van der Waals surface area contributed by atoms with Gasteiger partial charge in [-0.3, -0.25) is 0 Å². The Kier molecular flexibility index (Phi) is 13.7. The lowest BCUT2D eigenvalue weighted by molar-refractivity contribution is 0.0979. The van der Waals surface area contributed by atoms with Gasteiger partial charge in [-0.2, -0.15) is 0 Å². The van der Waals surface area contributed by atoms with Gasteiger partial charge in [0.15, 0.2) is 0 Å². The van der Waals surface area contributed by atoms with Crippen LogP contribution in [0.3, 0.4) is 0 Å². The molecule has 1 rings (SSSR count). The fraction of sp³-hybridized carbons (Fsp3) is 0.500. The normalized spacial score (nSPS) is 11.6. The van der Waals surface area contributed by atoms with E-state index in [0.29, 0.717) is 37.8 Å². The van der Waals surface area contributed by atoms with Crippen LogP contribution in [-0.2, 0) is 4.74 Å². The Bertz CT molecular complexity index is 586. The number of rotatable bonds is 11. The van der Waals surface area contributed by atoms with Crippen molar-refractivity contribution in [2.75, 3.05) is 39.1 Å². The number of nitrogens with two attached hydrogens (primary N) is 5. The number of nitrogen functional groups attached to an aromatic ring is 1. The van der Waals surface area contributed by atoms with Gasteiger partial charge >= 0.3 is 0 Å². The Balaban J connectivity index is 0.00000326. The first-order valence-corrected chi connectivity index (χ1v) is 9.27. The van der Waals surface area contributed by atoms with Gasteiger partial charge in [0, 0.05) is 12.8 Å². The van der Waals surface area contributed by atoms with Gasteiger partial charge in [0.1, 0.15) is 12.4 Å². The minimum absolute atomic E-state index is 0.260. The molecular weight excluding hydrogens is 342 g/mol. The van der Waals surface area contributed by atoms with Gasteiger partial charge in [-0.15, -0.1) is 0 Å². The average Bonchev–Trinajstić information content (AvgIpc) is 2.68. The highest BCUT2D eigenvalue weighted by molar-refractivity contribution is 5.78. The number of hydrogen-bond acceptors (Lipinski definition) is 7. The summed E-state index contributed by atoms with van der Waals surface area (Å²) in [7, 11) is 1.50. The van der Waals surface area contributed by atoms with Crippen molar-refractivity contribution in [1.29, 1.82) is 0 Å². The van der Waals surface area contributed by atoms with Crippen molar-refractivity contribution in [1.82, 2.24) is 0 Å². The Labute approximate surface area is 163 Å². The zero-order valence-electron chi connectivity index (χ0n) is 16.9. The molecule has 0 atom stereocenters. The highest BCUT2D eigenvalue weighted by Crippen LogP contribution is 2.34. The average molecular weight is 380 g/mol. The lowest BCUT2D eigenvalue weighted by atomic mass is 9.95. The van der Waals surface area contributed by atoms with Crippen molar-refractivity contribution < 1.29 is 9.47 Å². The molecule has 0 heterocycles. The van der Waals surface area contributed by atoms with Crippen molar-refractivity contribution in [3.63, 3.8) is 0 Å². The molecule has 0 saturated carbocycles. The van der Waals surface area contributed by atoms with Crippen LogP contribution in [0.1, 0.15) is 43.7 Å². The van der Waals surface area contributed by atoms with Crippen LogP contribution in [0.2, 0.25) is 0 Å². The molecule has 7 heteroatoms. The van der Waals surface area contributed by atoms with E-state index in [4.69, 9.17) is 32.4 Å². The lowest BCUT2D eigenvalue weighted by Crippen LogP contribution is -2.11.